The predicted molar refractivity (Wildman–Crippen MR) is 67.5 cm³/mol. The molecule has 0 aliphatic rings. The lowest BCUT2D eigenvalue weighted by Gasteiger charge is -2.09. The molecule has 1 rings (SSSR count). The highest BCUT2D eigenvalue weighted by atomic mass is 16.5. The molecule has 0 radical (unpaired) electrons. The van der Waals surface area contributed by atoms with Crippen molar-refractivity contribution in [3.05, 3.63) is 30.0 Å². The average Bonchev–Trinajstić information content (AvgIpc) is 2.30. The van der Waals surface area contributed by atoms with Gasteiger partial charge in [-0.1, -0.05) is 12.2 Å². The third kappa shape index (κ3) is 4.13. The fraction of sp³-hybridized carbons (Fsp3) is 0.333. The Hall–Kier alpha value is -2.06. The fourth-order valence-electron chi connectivity index (χ4n) is 1.20. The van der Waals surface area contributed by atoms with E-state index in [1.807, 2.05) is 13.0 Å². The molecule has 0 unspecified atom stereocenters. The molecule has 1 aromatic rings. The molecule has 1 heterocycles. The second-order valence-electron chi connectivity index (χ2n) is 3.67. The number of nitrogens with zero attached hydrogens (tertiary/aromatic N) is 2. The topological polar surface area (TPSA) is 84.0 Å². The van der Waals surface area contributed by atoms with E-state index in [1.54, 1.807) is 12.3 Å². The summed E-state index contributed by atoms with van der Waals surface area (Å²) >= 11 is 0. The summed E-state index contributed by atoms with van der Waals surface area (Å²) < 4.78 is 5.32. The smallest absolute Gasteiger partial charge is 0.150 e. The van der Waals surface area contributed by atoms with Crippen LogP contribution in [0.4, 0.5) is 11.5 Å². The lowest BCUT2D eigenvalue weighted by Crippen LogP contribution is -2.12. The molecule has 0 spiro atoms. The first kappa shape index (κ1) is 13.0. The molecule has 0 saturated heterocycles. The fourth-order valence-corrected chi connectivity index (χ4v) is 1.20. The number of nitrogens with one attached hydrogen (secondary N) is 1. The van der Waals surface area contributed by atoms with E-state index >= 15 is 0 Å². The Morgan fingerprint density at radius 2 is 2.47 bits per heavy atom. The number of hydrogen-bond donors (Lipinski definition) is 2. The number of rotatable bonds is 6. The Morgan fingerprint density at radius 3 is 3.12 bits per heavy atom. The van der Waals surface area contributed by atoms with Crippen LogP contribution in [0.1, 0.15) is 12.5 Å². The summed E-state index contributed by atoms with van der Waals surface area (Å²) in [6.07, 6.45) is 1.55. The highest BCUT2D eigenvalue weighted by molar-refractivity contribution is 5.68. The third-order valence-electron chi connectivity index (χ3n) is 2.00. The Kier molecular flexibility index (Phi) is 4.98. The van der Waals surface area contributed by atoms with Crippen LogP contribution in [0, 0.1) is 11.3 Å². The first-order valence-corrected chi connectivity index (χ1v) is 5.25. The maximum Gasteiger partial charge on any atom is 0.150 e. The van der Waals surface area contributed by atoms with Crippen LogP contribution in [-0.2, 0) is 4.74 Å². The summed E-state index contributed by atoms with van der Waals surface area (Å²) in [5.41, 5.74) is 7.53. The first-order valence-electron chi connectivity index (χ1n) is 5.25. The van der Waals surface area contributed by atoms with Gasteiger partial charge in [-0.2, -0.15) is 5.26 Å². The highest BCUT2D eigenvalue weighted by Crippen LogP contribution is 2.18. The molecule has 0 aromatic carbocycles. The highest BCUT2D eigenvalue weighted by Gasteiger charge is 2.04. The zero-order valence-electron chi connectivity index (χ0n) is 9.86. The van der Waals surface area contributed by atoms with E-state index in [2.05, 4.69) is 16.9 Å². The predicted octanol–water partition coefficient (Wildman–Crippen LogP) is 1.54. The van der Waals surface area contributed by atoms with Gasteiger partial charge < -0.3 is 15.8 Å². The van der Waals surface area contributed by atoms with Crippen LogP contribution in [-0.4, -0.2) is 24.7 Å². The summed E-state index contributed by atoms with van der Waals surface area (Å²) in [4.78, 5) is 4.06. The van der Waals surface area contributed by atoms with Crippen molar-refractivity contribution in [2.75, 3.05) is 30.8 Å². The first-order chi connectivity index (χ1) is 8.15. The van der Waals surface area contributed by atoms with Crippen LogP contribution in [0.25, 0.3) is 0 Å². The van der Waals surface area contributed by atoms with E-state index < -0.39 is 0 Å². The zero-order valence-corrected chi connectivity index (χ0v) is 9.86. The molecule has 5 nitrogen and oxygen atoms in total. The summed E-state index contributed by atoms with van der Waals surface area (Å²) in [6, 6.07) is 3.59. The summed E-state index contributed by atoms with van der Waals surface area (Å²) in [6.45, 7) is 7.30. The number of aromatic nitrogens is 1. The monoisotopic (exact) mass is 232 g/mol. The van der Waals surface area contributed by atoms with Crippen molar-refractivity contribution in [2.45, 2.75) is 6.92 Å². The Labute approximate surface area is 101 Å². The number of nitriles is 1. The largest absolute Gasteiger partial charge is 0.395 e. The molecule has 0 aliphatic heterocycles. The van der Waals surface area contributed by atoms with Crippen molar-refractivity contribution in [2.24, 2.45) is 0 Å². The van der Waals surface area contributed by atoms with E-state index in [9.17, 15) is 0 Å². The molecular formula is C12H16N4O. The maximum atomic E-state index is 8.79. The molecule has 0 saturated carbocycles. The van der Waals surface area contributed by atoms with Crippen molar-refractivity contribution in [3.8, 4) is 6.07 Å². The molecule has 90 valence electrons. The number of nitrogen functional groups attached to an aromatic ring is 1. The summed E-state index contributed by atoms with van der Waals surface area (Å²) in [5.74, 6) is 0.517. The quantitative estimate of drug-likeness (QED) is 0.574. The van der Waals surface area contributed by atoms with E-state index in [-0.39, 0.29) is 0 Å². The standard InChI is InChI=1S/C12H16N4O/c1-9(2)8-17-6-5-16-12-11(14)10(7-13)3-4-15-12/h3-4H,1,5-6,8,14H2,2H3,(H,15,16). The second kappa shape index (κ2) is 6.51. The molecule has 0 amide bonds. The Morgan fingerprint density at radius 1 is 1.71 bits per heavy atom. The Bertz CT molecular complexity index is 437. The zero-order chi connectivity index (χ0) is 12.7. The Balaban J connectivity index is 2.42. The van der Waals surface area contributed by atoms with Crippen molar-refractivity contribution in [1.29, 1.82) is 5.26 Å². The van der Waals surface area contributed by atoms with Crippen LogP contribution in [0.15, 0.2) is 24.4 Å². The third-order valence-corrected chi connectivity index (χ3v) is 2.00. The number of hydrogen-bond acceptors (Lipinski definition) is 5. The van der Waals surface area contributed by atoms with Gasteiger partial charge in [0.05, 0.1) is 24.5 Å². The van der Waals surface area contributed by atoms with Gasteiger partial charge in [-0.3, -0.25) is 0 Å². The van der Waals surface area contributed by atoms with Gasteiger partial charge in [0.15, 0.2) is 5.82 Å². The van der Waals surface area contributed by atoms with Crippen LogP contribution in [0.5, 0.6) is 0 Å². The maximum absolute atomic E-state index is 8.79. The van der Waals surface area contributed by atoms with E-state index in [4.69, 9.17) is 15.7 Å². The van der Waals surface area contributed by atoms with E-state index in [0.29, 0.717) is 36.8 Å². The lowest BCUT2D eigenvalue weighted by molar-refractivity contribution is 0.167. The number of ether oxygens (including phenoxy) is 1. The number of anilines is 2. The van der Waals surface area contributed by atoms with Crippen LogP contribution < -0.4 is 11.1 Å². The molecular weight excluding hydrogens is 216 g/mol. The van der Waals surface area contributed by atoms with E-state index in [1.165, 1.54) is 0 Å². The van der Waals surface area contributed by atoms with Crippen molar-refractivity contribution < 1.29 is 4.74 Å². The molecule has 0 fully saturated rings. The molecule has 17 heavy (non-hydrogen) atoms. The molecule has 1 aromatic heterocycles. The minimum Gasteiger partial charge on any atom is -0.395 e. The van der Waals surface area contributed by atoms with Crippen LogP contribution >= 0.6 is 0 Å². The minimum absolute atomic E-state index is 0.370. The van der Waals surface area contributed by atoms with E-state index in [0.717, 1.165) is 5.57 Å². The molecule has 5 heteroatoms. The van der Waals surface area contributed by atoms with Crippen molar-refractivity contribution >= 4 is 11.5 Å². The van der Waals surface area contributed by atoms with Gasteiger partial charge in [-0.05, 0) is 13.0 Å². The molecule has 0 aliphatic carbocycles. The van der Waals surface area contributed by atoms with Gasteiger partial charge >= 0.3 is 0 Å². The van der Waals surface area contributed by atoms with Crippen molar-refractivity contribution in [1.82, 2.24) is 4.98 Å². The molecule has 0 bridgehead atoms. The minimum atomic E-state index is 0.370. The van der Waals surface area contributed by atoms with Gasteiger partial charge in [-0.25, -0.2) is 4.98 Å². The number of nitrogens with two attached hydrogens (primary N) is 1. The SMILES string of the molecule is C=C(C)COCCNc1nccc(C#N)c1N. The second-order valence-corrected chi connectivity index (χ2v) is 3.67. The van der Waals surface area contributed by atoms with Crippen LogP contribution in [0.2, 0.25) is 0 Å². The van der Waals surface area contributed by atoms with Crippen molar-refractivity contribution in [3.63, 3.8) is 0 Å². The summed E-state index contributed by atoms with van der Waals surface area (Å²) in [5, 5.41) is 11.8. The van der Waals surface area contributed by atoms with Gasteiger partial charge in [0, 0.05) is 12.7 Å². The molecule has 3 N–H and O–H groups in total. The molecule has 0 atom stereocenters. The van der Waals surface area contributed by atoms with Gasteiger partial charge in [-0.15, -0.1) is 0 Å². The normalized spacial score (nSPS) is 9.65. The van der Waals surface area contributed by atoms with Gasteiger partial charge in [0.25, 0.3) is 0 Å². The van der Waals surface area contributed by atoms with Gasteiger partial charge in [0.2, 0.25) is 0 Å². The summed E-state index contributed by atoms with van der Waals surface area (Å²) in [7, 11) is 0. The number of pyridine rings is 1. The lowest BCUT2D eigenvalue weighted by atomic mass is 10.2. The van der Waals surface area contributed by atoms with Crippen LogP contribution in [0.3, 0.4) is 0 Å². The average molecular weight is 232 g/mol. The van der Waals surface area contributed by atoms with Gasteiger partial charge in [0.1, 0.15) is 6.07 Å².